The Bertz CT molecular complexity index is 1360. The van der Waals surface area contributed by atoms with Crippen molar-refractivity contribution in [2.45, 2.75) is 63.1 Å². The average molecular weight is 713 g/mol. The molecule has 0 spiro atoms. The molecule has 10 N–H and O–H groups in total. The summed E-state index contributed by atoms with van der Waals surface area (Å²) in [6, 6.07) is 0. The molecule has 3 heterocycles. The minimum Gasteiger partial charge on any atom is -0.478 e. The quantitative estimate of drug-likeness (QED) is 0.0204. The van der Waals surface area contributed by atoms with E-state index in [1.807, 2.05) is 0 Å². The molecule has 50 heavy (non-hydrogen) atoms. The van der Waals surface area contributed by atoms with Gasteiger partial charge < -0.3 is 75.4 Å². The monoisotopic (exact) mass is 712 g/mol. The number of hydrogen-bond donors (Lipinski definition) is 9. The molecule has 0 aliphatic carbocycles. The van der Waals surface area contributed by atoms with Crippen LogP contribution in [0.4, 0.5) is 0 Å². The summed E-state index contributed by atoms with van der Waals surface area (Å²) in [5.74, 6) is -6.91. The summed E-state index contributed by atoms with van der Waals surface area (Å²) in [5, 5.41) is 73.5. The number of nitrogens with two attached hydrogens (primary N) is 1. The Morgan fingerprint density at radius 3 is 2.54 bits per heavy atom. The second-order valence-electron chi connectivity index (χ2n) is 11.9. The highest BCUT2D eigenvalue weighted by Gasteiger charge is 2.57. The van der Waals surface area contributed by atoms with Crippen LogP contribution in [0.2, 0.25) is 0 Å². The summed E-state index contributed by atoms with van der Waals surface area (Å²) in [5.41, 5.74) is 6.34. The van der Waals surface area contributed by atoms with Crippen LogP contribution in [0.1, 0.15) is 20.3 Å². The molecule has 0 saturated carbocycles. The van der Waals surface area contributed by atoms with Gasteiger partial charge in [-0.25, -0.2) is 9.59 Å². The van der Waals surface area contributed by atoms with Crippen molar-refractivity contribution in [1.29, 1.82) is 0 Å². The van der Waals surface area contributed by atoms with Crippen LogP contribution in [-0.2, 0) is 33.3 Å². The summed E-state index contributed by atoms with van der Waals surface area (Å²) in [6.07, 6.45) is -1.34. The van der Waals surface area contributed by atoms with Crippen LogP contribution < -0.4 is 11.1 Å². The van der Waals surface area contributed by atoms with E-state index >= 15 is 0 Å². The molecule has 3 aliphatic heterocycles. The first-order valence-corrected chi connectivity index (χ1v) is 15.9. The highest BCUT2D eigenvalue weighted by Crippen LogP contribution is 2.38. The molecule has 0 radical (unpaired) electrons. The Labute approximate surface area is 289 Å². The van der Waals surface area contributed by atoms with Crippen LogP contribution in [-0.4, -0.2) is 148 Å². The number of aliphatic carboxylic acids is 1. The molecule has 3 rings (SSSR count). The number of aliphatic hydroxyl groups is 6. The Balaban J connectivity index is 2.07. The number of carboxylic acids is 1. The molecule has 0 aromatic heterocycles. The number of rotatable bonds is 16. The van der Waals surface area contributed by atoms with E-state index in [1.165, 1.54) is 19.4 Å². The number of carbonyl (C=O) groups excluding carboxylic acids is 1. The number of guanidine groups is 1. The van der Waals surface area contributed by atoms with Crippen LogP contribution >= 0.6 is 0 Å². The third-order valence-corrected chi connectivity index (χ3v) is 7.99. The minimum atomic E-state index is -2.92. The Morgan fingerprint density at radius 1 is 1.24 bits per heavy atom. The SMILES string of the molecule is C=C[C@H]1[C@H](O[C@@H]2O[C@H](CO)[C@@H](O)C(O)(O)[C@H]2OC(C)C)OC=C(C(=O)OC)[C@H]1/C=C/C1=C(NC(N)=NCCCO)C(C(=O)O)=CN(CCO)C1. The zero-order valence-corrected chi connectivity index (χ0v) is 28.1. The van der Waals surface area contributed by atoms with E-state index in [-0.39, 0.29) is 55.7 Å². The van der Waals surface area contributed by atoms with Gasteiger partial charge in [0.2, 0.25) is 12.1 Å². The number of aliphatic hydroxyl groups excluding tert-OH is 4. The Morgan fingerprint density at radius 2 is 1.96 bits per heavy atom. The number of hydrogen-bond acceptors (Lipinski definition) is 15. The number of carboxylic acid groups (broad SMARTS) is 1. The maximum Gasteiger partial charge on any atom is 0.339 e. The van der Waals surface area contributed by atoms with Crippen LogP contribution in [0.3, 0.4) is 0 Å². The van der Waals surface area contributed by atoms with Crippen molar-refractivity contribution in [3.05, 3.63) is 59.7 Å². The highest BCUT2D eigenvalue weighted by atomic mass is 16.8. The topological polar surface area (TPSA) is 276 Å². The fourth-order valence-corrected chi connectivity index (χ4v) is 5.54. The standard InChI is InChI=1S/C32H48N4O14/c1-5-19-20(8-7-18-13-36(10-12-38)14-21(27(41)42)24(18)35-31(33)34-9-6-11-37)22(28(43)46-4)16-47-29(19)50-30-26(48-17(2)3)32(44,45)25(40)23(15-39)49-30/h5,7-8,14,16-17,19-20,23,25-26,29-30,37-40,44-45H,1,6,9-13,15H2,2-4H3,(H,41,42)(H3,33,34,35)/b8-7+/t19-,20+,23-,25-,26+,29+,30+/m1/s1. The van der Waals surface area contributed by atoms with E-state index in [2.05, 4.69) is 16.9 Å². The van der Waals surface area contributed by atoms with E-state index in [4.69, 9.17) is 34.5 Å². The second kappa shape index (κ2) is 18.4. The first-order chi connectivity index (χ1) is 23.7. The second-order valence-corrected chi connectivity index (χ2v) is 11.9. The molecule has 280 valence electrons. The zero-order valence-electron chi connectivity index (χ0n) is 28.1. The minimum absolute atomic E-state index is 0.0209. The van der Waals surface area contributed by atoms with Gasteiger partial charge in [-0.15, -0.1) is 6.58 Å². The van der Waals surface area contributed by atoms with Gasteiger partial charge >= 0.3 is 11.9 Å². The largest absolute Gasteiger partial charge is 0.478 e. The molecular formula is C32H48N4O14. The number of nitrogens with one attached hydrogen (secondary N) is 1. The van der Waals surface area contributed by atoms with Crippen molar-refractivity contribution in [2.75, 3.05) is 46.6 Å². The summed E-state index contributed by atoms with van der Waals surface area (Å²) in [7, 11) is 1.17. The first-order valence-electron chi connectivity index (χ1n) is 15.9. The molecule has 1 fully saturated rings. The van der Waals surface area contributed by atoms with E-state index in [0.29, 0.717) is 12.0 Å². The summed E-state index contributed by atoms with van der Waals surface area (Å²) in [4.78, 5) is 31.0. The third kappa shape index (κ3) is 9.68. The maximum absolute atomic E-state index is 12.9. The van der Waals surface area contributed by atoms with Crippen molar-refractivity contribution in [1.82, 2.24) is 10.2 Å². The third-order valence-electron chi connectivity index (χ3n) is 7.99. The van der Waals surface area contributed by atoms with Gasteiger partial charge in [0.15, 0.2) is 18.4 Å². The number of methoxy groups -OCH3 is 1. The highest BCUT2D eigenvalue weighted by molar-refractivity contribution is 5.95. The normalized spacial score (nSPS) is 28.6. The molecule has 7 atom stereocenters. The lowest BCUT2D eigenvalue weighted by Crippen LogP contribution is -2.69. The molecule has 0 bridgehead atoms. The van der Waals surface area contributed by atoms with Gasteiger partial charge in [-0.2, -0.15) is 0 Å². The maximum atomic E-state index is 12.9. The van der Waals surface area contributed by atoms with Crippen molar-refractivity contribution < 1.29 is 69.0 Å². The number of nitrogens with zero attached hydrogens (tertiary/aromatic N) is 2. The van der Waals surface area contributed by atoms with Crippen LogP contribution in [0.15, 0.2) is 64.7 Å². The van der Waals surface area contributed by atoms with E-state index in [9.17, 15) is 40.2 Å². The van der Waals surface area contributed by atoms with Crippen molar-refractivity contribution in [3.63, 3.8) is 0 Å². The van der Waals surface area contributed by atoms with Crippen LogP contribution in [0.5, 0.6) is 0 Å². The number of carbonyl (C=O) groups is 2. The summed E-state index contributed by atoms with van der Waals surface area (Å²) >= 11 is 0. The molecule has 0 unspecified atom stereocenters. The molecule has 18 nitrogen and oxygen atoms in total. The van der Waals surface area contributed by atoms with Crippen molar-refractivity contribution in [2.24, 2.45) is 22.6 Å². The first kappa shape index (κ1) is 40.6. The van der Waals surface area contributed by atoms with Gasteiger partial charge in [0.1, 0.15) is 12.2 Å². The van der Waals surface area contributed by atoms with Gasteiger partial charge in [0.25, 0.3) is 0 Å². The van der Waals surface area contributed by atoms with Crippen LogP contribution in [0, 0.1) is 11.8 Å². The molecular weight excluding hydrogens is 664 g/mol. The van der Waals surface area contributed by atoms with Crippen LogP contribution in [0.25, 0.3) is 0 Å². The van der Waals surface area contributed by atoms with Gasteiger partial charge in [0.05, 0.1) is 55.5 Å². The van der Waals surface area contributed by atoms with Crippen molar-refractivity contribution in [3.8, 4) is 0 Å². The molecule has 0 aromatic rings. The van der Waals surface area contributed by atoms with Gasteiger partial charge in [-0.3, -0.25) is 4.99 Å². The molecule has 3 aliphatic rings. The zero-order chi connectivity index (χ0) is 37.2. The average Bonchev–Trinajstić information content (AvgIpc) is 3.07. The van der Waals surface area contributed by atoms with Crippen molar-refractivity contribution >= 4 is 17.9 Å². The number of ether oxygens (including phenoxy) is 5. The van der Waals surface area contributed by atoms with Gasteiger partial charge in [-0.05, 0) is 25.8 Å². The number of aliphatic imine (C=N–C) groups is 1. The predicted molar refractivity (Wildman–Crippen MR) is 174 cm³/mol. The number of allylic oxidation sites excluding steroid dienone is 1. The molecule has 1 saturated heterocycles. The molecule has 0 amide bonds. The van der Waals surface area contributed by atoms with E-state index in [1.54, 1.807) is 30.9 Å². The lowest BCUT2D eigenvalue weighted by atomic mass is 9.83. The number of β-amino-alcohol motifs (C(OH)–C–C–N with tert-alkyl or cyclic N) is 1. The van der Waals surface area contributed by atoms with E-state index in [0.717, 1.165) is 6.26 Å². The fraction of sp³-hybridized carbons (Fsp3) is 0.594. The Kier molecular flexibility index (Phi) is 14.9. The summed E-state index contributed by atoms with van der Waals surface area (Å²) in [6.45, 7) is 6.27. The summed E-state index contributed by atoms with van der Waals surface area (Å²) < 4.78 is 28.1. The number of esters is 1. The lowest BCUT2D eigenvalue weighted by molar-refractivity contribution is -0.413. The lowest BCUT2D eigenvalue weighted by Gasteiger charge is -2.48. The molecule has 18 heteroatoms. The smallest absolute Gasteiger partial charge is 0.339 e. The molecule has 0 aromatic carbocycles. The Hall–Kier alpha value is -3.85. The predicted octanol–water partition coefficient (Wildman–Crippen LogP) is -2.24. The fourth-order valence-electron chi connectivity index (χ4n) is 5.54. The van der Waals surface area contributed by atoms with Gasteiger partial charge in [0, 0.05) is 38.4 Å². The van der Waals surface area contributed by atoms with Gasteiger partial charge in [-0.1, -0.05) is 18.2 Å². The van der Waals surface area contributed by atoms with E-state index < -0.39 is 73.2 Å².